The van der Waals surface area contributed by atoms with Gasteiger partial charge < -0.3 is 9.64 Å². The van der Waals surface area contributed by atoms with E-state index in [1.54, 1.807) is 17.3 Å². The molecule has 0 atom stereocenters. The number of hydrogen-bond donors (Lipinski definition) is 0. The molecule has 0 aliphatic heterocycles. The lowest BCUT2D eigenvalue weighted by Crippen LogP contribution is -2.33. The van der Waals surface area contributed by atoms with Crippen molar-refractivity contribution in [1.29, 1.82) is 0 Å². The van der Waals surface area contributed by atoms with Crippen LogP contribution in [0.2, 0.25) is 0 Å². The van der Waals surface area contributed by atoms with Crippen molar-refractivity contribution in [2.24, 2.45) is 0 Å². The Morgan fingerprint density at radius 1 is 1.47 bits per heavy atom. The van der Waals surface area contributed by atoms with E-state index in [4.69, 9.17) is 4.74 Å². The average Bonchev–Trinajstić information content (AvgIpc) is 2.27. The molecule has 0 bridgehead atoms. The predicted molar refractivity (Wildman–Crippen MR) is 57.2 cm³/mol. The first-order valence-electron chi connectivity index (χ1n) is 4.93. The number of likely N-dealkylation sites (N-methyl/N-ethyl adjacent to an activating group) is 1. The van der Waals surface area contributed by atoms with Crippen molar-refractivity contribution in [1.82, 2.24) is 9.88 Å². The Bertz CT molecular complexity index is 301. The van der Waals surface area contributed by atoms with Crippen molar-refractivity contribution >= 4 is 5.91 Å². The summed E-state index contributed by atoms with van der Waals surface area (Å²) in [6, 6.07) is 3.81. The minimum absolute atomic E-state index is 0.0109. The number of carbonyl (C=O) groups is 1. The number of methoxy groups -OCH3 is 1. The Hall–Kier alpha value is -1.42. The summed E-state index contributed by atoms with van der Waals surface area (Å²) < 4.78 is 4.82. The Balaban J connectivity index is 2.58. The first-order valence-corrected chi connectivity index (χ1v) is 4.93. The fourth-order valence-corrected chi connectivity index (χ4v) is 1.30. The number of carbonyl (C=O) groups excluding carboxylic acids is 1. The lowest BCUT2D eigenvalue weighted by Gasteiger charge is -2.20. The SMILES string of the molecule is CCN(Cc1ccncc1)C(=O)COC. The third-order valence-electron chi connectivity index (χ3n) is 2.13. The summed E-state index contributed by atoms with van der Waals surface area (Å²) in [6.45, 7) is 3.39. The molecular weight excluding hydrogens is 192 g/mol. The monoisotopic (exact) mass is 208 g/mol. The number of hydrogen-bond acceptors (Lipinski definition) is 3. The first-order chi connectivity index (χ1) is 7.27. The molecule has 1 aromatic heterocycles. The molecule has 0 aliphatic rings. The van der Waals surface area contributed by atoms with Crippen LogP contribution >= 0.6 is 0 Å². The molecule has 0 N–H and O–H groups in total. The summed E-state index contributed by atoms with van der Waals surface area (Å²) in [5.41, 5.74) is 1.08. The van der Waals surface area contributed by atoms with E-state index in [9.17, 15) is 4.79 Å². The maximum atomic E-state index is 11.6. The summed E-state index contributed by atoms with van der Waals surface area (Å²) in [7, 11) is 1.53. The number of pyridine rings is 1. The van der Waals surface area contributed by atoms with Gasteiger partial charge in [0.2, 0.25) is 5.91 Å². The highest BCUT2D eigenvalue weighted by Gasteiger charge is 2.10. The molecule has 0 radical (unpaired) electrons. The molecule has 0 aromatic carbocycles. The van der Waals surface area contributed by atoms with Crippen LogP contribution in [0.5, 0.6) is 0 Å². The maximum Gasteiger partial charge on any atom is 0.248 e. The number of amides is 1. The van der Waals surface area contributed by atoms with E-state index in [2.05, 4.69) is 4.98 Å². The van der Waals surface area contributed by atoms with Crippen LogP contribution in [0.4, 0.5) is 0 Å². The average molecular weight is 208 g/mol. The highest BCUT2D eigenvalue weighted by Crippen LogP contribution is 2.03. The van der Waals surface area contributed by atoms with Crippen molar-refractivity contribution in [3.8, 4) is 0 Å². The van der Waals surface area contributed by atoms with Crippen molar-refractivity contribution in [3.05, 3.63) is 30.1 Å². The lowest BCUT2D eigenvalue weighted by atomic mass is 10.2. The molecule has 0 spiro atoms. The van der Waals surface area contributed by atoms with Crippen LogP contribution in [0.25, 0.3) is 0 Å². The summed E-state index contributed by atoms with van der Waals surface area (Å²) in [5, 5.41) is 0. The van der Waals surface area contributed by atoms with Gasteiger partial charge in [0.05, 0.1) is 0 Å². The van der Waals surface area contributed by atoms with E-state index in [1.807, 2.05) is 19.1 Å². The van der Waals surface area contributed by atoms with Crippen LogP contribution in [-0.4, -0.2) is 36.1 Å². The molecule has 0 saturated heterocycles. The van der Waals surface area contributed by atoms with Crippen LogP contribution in [0.1, 0.15) is 12.5 Å². The smallest absolute Gasteiger partial charge is 0.248 e. The summed E-state index contributed by atoms with van der Waals surface area (Å²) in [5.74, 6) is 0.0109. The van der Waals surface area contributed by atoms with Crippen molar-refractivity contribution < 1.29 is 9.53 Å². The van der Waals surface area contributed by atoms with Gasteiger partial charge in [-0.2, -0.15) is 0 Å². The highest BCUT2D eigenvalue weighted by molar-refractivity contribution is 5.77. The van der Waals surface area contributed by atoms with Gasteiger partial charge in [0, 0.05) is 32.6 Å². The summed E-state index contributed by atoms with van der Waals surface area (Å²) in [4.78, 5) is 17.2. The van der Waals surface area contributed by atoms with E-state index in [1.165, 1.54) is 7.11 Å². The maximum absolute atomic E-state index is 11.6. The Labute approximate surface area is 89.9 Å². The molecule has 1 aromatic rings. The largest absolute Gasteiger partial charge is 0.375 e. The topological polar surface area (TPSA) is 42.4 Å². The van der Waals surface area contributed by atoms with E-state index >= 15 is 0 Å². The number of ether oxygens (including phenoxy) is 1. The van der Waals surface area contributed by atoms with Crippen LogP contribution < -0.4 is 0 Å². The quantitative estimate of drug-likeness (QED) is 0.727. The molecule has 1 heterocycles. The van der Waals surface area contributed by atoms with E-state index in [0.29, 0.717) is 13.1 Å². The fraction of sp³-hybridized carbons (Fsp3) is 0.455. The molecule has 4 nitrogen and oxygen atoms in total. The van der Waals surface area contributed by atoms with Gasteiger partial charge in [0.15, 0.2) is 0 Å². The minimum atomic E-state index is 0.0109. The zero-order valence-electron chi connectivity index (χ0n) is 9.14. The zero-order valence-corrected chi connectivity index (χ0v) is 9.14. The van der Waals surface area contributed by atoms with Crippen LogP contribution in [0.3, 0.4) is 0 Å². The van der Waals surface area contributed by atoms with E-state index in [-0.39, 0.29) is 12.5 Å². The Morgan fingerprint density at radius 3 is 2.67 bits per heavy atom. The van der Waals surface area contributed by atoms with Gasteiger partial charge in [-0.25, -0.2) is 0 Å². The first kappa shape index (κ1) is 11.7. The number of rotatable bonds is 5. The molecule has 15 heavy (non-hydrogen) atoms. The van der Waals surface area contributed by atoms with Crippen LogP contribution in [0, 0.1) is 0 Å². The number of nitrogens with zero attached hydrogens (tertiary/aromatic N) is 2. The molecular formula is C11H16N2O2. The van der Waals surface area contributed by atoms with Gasteiger partial charge in [0.1, 0.15) is 6.61 Å². The zero-order chi connectivity index (χ0) is 11.1. The molecule has 0 fully saturated rings. The van der Waals surface area contributed by atoms with Gasteiger partial charge in [-0.15, -0.1) is 0 Å². The normalized spacial score (nSPS) is 10.0. The van der Waals surface area contributed by atoms with Gasteiger partial charge in [-0.1, -0.05) is 0 Å². The summed E-state index contributed by atoms with van der Waals surface area (Å²) in [6.07, 6.45) is 3.45. The van der Waals surface area contributed by atoms with Crippen molar-refractivity contribution in [2.45, 2.75) is 13.5 Å². The van der Waals surface area contributed by atoms with Gasteiger partial charge in [0.25, 0.3) is 0 Å². The third-order valence-corrected chi connectivity index (χ3v) is 2.13. The summed E-state index contributed by atoms with van der Waals surface area (Å²) >= 11 is 0. The van der Waals surface area contributed by atoms with Crippen molar-refractivity contribution in [2.75, 3.05) is 20.3 Å². The Morgan fingerprint density at radius 2 is 2.13 bits per heavy atom. The van der Waals surface area contributed by atoms with E-state index in [0.717, 1.165) is 5.56 Å². The number of aromatic nitrogens is 1. The van der Waals surface area contributed by atoms with Crippen LogP contribution in [0.15, 0.2) is 24.5 Å². The van der Waals surface area contributed by atoms with Gasteiger partial charge in [-0.05, 0) is 24.6 Å². The van der Waals surface area contributed by atoms with Crippen molar-refractivity contribution in [3.63, 3.8) is 0 Å². The minimum Gasteiger partial charge on any atom is -0.375 e. The molecule has 0 saturated carbocycles. The second kappa shape index (κ2) is 6.14. The van der Waals surface area contributed by atoms with Gasteiger partial charge >= 0.3 is 0 Å². The molecule has 0 aliphatic carbocycles. The molecule has 1 rings (SSSR count). The van der Waals surface area contributed by atoms with Gasteiger partial charge in [-0.3, -0.25) is 9.78 Å². The molecule has 4 heteroatoms. The molecule has 82 valence electrons. The van der Waals surface area contributed by atoms with Crippen LogP contribution in [-0.2, 0) is 16.1 Å². The standard InChI is InChI=1S/C11H16N2O2/c1-3-13(11(14)9-15-2)8-10-4-6-12-7-5-10/h4-7H,3,8-9H2,1-2H3. The fourth-order valence-electron chi connectivity index (χ4n) is 1.30. The second-order valence-electron chi connectivity index (χ2n) is 3.20. The van der Waals surface area contributed by atoms with E-state index < -0.39 is 0 Å². The molecule has 1 amide bonds. The second-order valence-corrected chi connectivity index (χ2v) is 3.20. The predicted octanol–water partition coefficient (Wildman–Crippen LogP) is 1.08. The lowest BCUT2D eigenvalue weighted by molar-refractivity contribution is -0.135. The Kier molecular flexibility index (Phi) is 4.77. The molecule has 0 unspecified atom stereocenters. The third kappa shape index (κ3) is 3.67. The highest BCUT2D eigenvalue weighted by atomic mass is 16.5.